The van der Waals surface area contributed by atoms with Crippen molar-refractivity contribution in [1.82, 2.24) is 5.32 Å². The maximum absolute atomic E-state index is 11.5. The molecule has 0 saturated carbocycles. The maximum atomic E-state index is 11.5. The lowest BCUT2D eigenvalue weighted by Gasteiger charge is -2.24. The molecule has 0 spiro atoms. The highest BCUT2D eigenvalue weighted by Crippen LogP contribution is 2.31. The minimum atomic E-state index is -0.678. The molecule has 1 aliphatic rings. The standard InChI is InChI=1S/C14H19NO2/c1-10-3-4-12(11(2)7-10)8-14(13(16)17)5-6-15-9-14/h3-4,7,15H,5-6,8-9H2,1-2H3,(H,16,17). The van der Waals surface area contributed by atoms with Crippen molar-refractivity contribution in [3.05, 3.63) is 34.9 Å². The van der Waals surface area contributed by atoms with E-state index in [-0.39, 0.29) is 0 Å². The SMILES string of the molecule is Cc1ccc(CC2(C(=O)O)CCNC2)c(C)c1. The molecule has 92 valence electrons. The Labute approximate surface area is 102 Å². The second kappa shape index (κ2) is 4.49. The molecule has 0 radical (unpaired) electrons. The van der Waals surface area contributed by atoms with E-state index >= 15 is 0 Å². The quantitative estimate of drug-likeness (QED) is 0.838. The Bertz CT molecular complexity index is 434. The van der Waals surface area contributed by atoms with Gasteiger partial charge in [-0.2, -0.15) is 0 Å². The fourth-order valence-corrected chi connectivity index (χ4v) is 2.56. The molecule has 0 aliphatic carbocycles. The van der Waals surface area contributed by atoms with Crippen LogP contribution < -0.4 is 5.32 Å². The molecular weight excluding hydrogens is 214 g/mol. The van der Waals surface area contributed by atoms with Gasteiger partial charge < -0.3 is 10.4 Å². The van der Waals surface area contributed by atoms with E-state index in [1.807, 2.05) is 0 Å². The van der Waals surface area contributed by atoms with Gasteiger partial charge in [-0.15, -0.1) is 0 Å². The number of carboxylic acid groups (broad SMARTS) is 1. The highest BCUT2D eigenvalue weighted by Gasteiger charge is 2.41. The molecule has 0 bridgehead atoms. The van der Waals surface area contributed by atoms with Crippen molar-refractivity contribution < 1.29 is 9.90 Å². The van der Waals surface area contributed by atoms with Gasteiger partial charge >= 0.3 is 5.97 Å². The summed E-state index contributed by atoms with van der Waals surface area (Å²) in [4.78, 5) is 11.5. The number of benzene rings is 1. The second-order valence-corrected chi connectivity index (χ2v) is 5.12. The Balaban J connectivity index is 2.26. The van der Waals surface area contributed by atoms with Crippen molar-refractivity contribution in [2.24, 2.45) is 5.41 Å². The molecule has 1 fully saturated rings. The van der Waals surface area contributed by atoms with E-state index in [0.29, 0.717) is 13.0 Å². The molecule has 3 nitrogen and oxygen atoms in total. The number of hydrogen-bond donors (Lipinski definition) is 2. The Kier molecular flexibility index (Phi) is 3.20. The van der Waals surface area contributed by atoms with Crippen LogP contribution in [0.5, 0.6) is 0 Å². The third-order valence-electron chi connectivity index (χ3n) is 3.72. The molecule has 1 heterocycles. The summed E-state index contributed by atoms with van der Waals surface area (Å²) in [5, 5.41) is 12.6. The summed E-state index contributed by atoms with van der Waals surface area (Å²) in [6.45, 7) is 5.49. The van der Waals surface area contributed by atoms with Gasteiger partial charge in [0.05, 0.1) is 5.41 Å². The number of carboxylic acids is 1. The monoisotopic (exact) mass is 233 g/mol. The van der Waals surface area contributed by atoms with E-state index in [1.165, 1.54) is 11.1 Å². The van der Waals surface area contributed by atoms with E-state index in [2.05, 4.69) is 37.4 Å². The number of nitrogens with one attached hydrogen (secondary N) is 1. The van der Waals surface area contributed by atoms with Gasteiger partial charge in [0.25, 0.3) is 0 Å². The maximum Gasteiger partial charge on any atom is 0.311 e. The van der Waals surface area contributed by atoms with Crippen molar-refractivity contribution in [1.29, 1.82) is 0 Å². The number of rotatable bonds is 3. The number of aliphatic carboxylic acids is 1. The molecule has 17 heavy (non-hydrogen) atoms. The average molecular weight is 233 g/mol. The summed E-state index contributed by atoms with van der Waals surface area (Å²) in [5.41, 5.74) is 2.96. The van der Waals surface area contributed by atoms with Crippen molar-refractivity contribution in [3.63, 3.8) is 0 Å². The fourth-order valence-electron chi connectivity index (χ4n) is 2.56. The molecule has 0 amide bonds. The van der Waals surface area contributed by atoms with Gasteiger partial charge in [0.15, 0.2) is 0 Å². The number of carbonyl (C=O) groups is 1. The van der Waals surface area contributed by atoms with Crippen LogP contribution in [-0.2, 0) is 11.2 Å². The lowest BCUT2D eigenvalue weighted by Crippen LogP contribution is -2.35. The third-order valence-corrected chi connectivity index (χ3v) is 3.72. The first-order valence-electron chi connectivity index (χ1n) is 6.04. The first kappa shape index (κ1) is 12.1. The summed E-state index contributed by atoms with van der Waals surface area (Å²) in [6, 6.07) is 6.24. The summed E-state index contributed by atoms with van der Waals surface area (Å²) in [5.74, 6) is -0.678. The van der Waals surface area contributed by atoms with Crippen LogP contribution in [0, 0.1) is 19.3 Å². The Morgan fingerprint density at radius 1 is 1.47 bits per heavy atom. The van der Waals surface area contributed by atoms with Crippen LogP contribution in [0.3, 0.4) is 0 Å². The molecule has 2 N–H and O–H groups in total. The highest BCUT2D eigenvalue weighted by atomic mass is 16.4. The van der Waals surface area contributed by atoms with Crippen LogP contribution in [0.4, 0.5) is 0 Å². The average Bonchev–Trinajstić information content (AvgIpc) is 2.72. The lowest BCUT2D eigenvalue weighted by molar-refractivity contribution is -0.147. The van der Waals surface area contributed by atoms with E-state index in [1.54, 1.807) is 0 Å². The minimum Gasteiger partial charge on any atom is -0.481 e. The predicted molar refractivity (Wildman–Crippen MR) is 67.2 cm³/mol. The van der Waals surface area contributed by atoms with Crippen LogP contribution >= 0.6 is 0 Å². The zero-order valence-corrected chi connectivity index (χ0v) is 10.4. The Hall–Kier alpha value is -1.35. The van der Waals surface area contributed by atoms with Gasteiger partial charge in [0, 0.05) is 6.54 Å². The lowest BCUT2D eigenvalue weighted by atomic mass is 9.80. The Morgan fingerprint density at radius 2 is 2.24 bits per heavy atom. The molecule has 1 aromatic rings. The summed E-state index contributed by atoms with van der Waals surface area (Å²) in [7, 11) is 0. The van der Waals surface area contributed by atoms with E-state index in [9.17, 15) is 9.90 Å². The van der Waals surface area contributed by atoms with Crippen molar-refractivity contribution in [2.45, 2.75) is 26.7 Å². The minimum absolute atomic E-state index is 0.579. The second-order valence-electron chi connectivity index (χ2n) is 5.12. The predicted octanol–water partition coefficient (Wildman–Crippen LogP) is 1.91. The van der Waals surface area contributed by atoms with Crippen LogP contribution in [0.1, 0.15) is 23.1 Å². The molecule has 1 aliphatic heterocycles. The zero-order chi connectivity index (χ0) is 12.5. The molecule has 1 unspecified atom stereocenters. The third kappa shape index (κ3) is 2.34. The van der Waals surface area contributed by atoms with Crippen molar-refractivity contribution in [3.8, 4) is 0 Å². The van der Waals surface area contributed by atoms with Crippen molar-refractivity contribution >= 4 is 5.97 Å². The van der Waals surface area contributed by atoms with Crippen LogP contribution in [0.15, 0.2) is 18.2 Å². The fraction of sp³-hybridized carbons (Fsp3) is 0.500. The molecule has 0 aromatic heterocycles. The van der Waals surface area contributed by atoms with Gasteiger partial charge in [-0.1, -0.05) is 23.8 Å². The normalized spacial score (nSPS) is 23.9. The molecule has 3 heteroatoms. The Morgan fingerprint density at radius 3 is 2.76 bits per heavy atom. The highest BCUT2D eigenvalue weighted by molar-refractivity contribution is 5.76. The molecule has 1 aromatic carbocycles. The molecular formula is C14H19NO2. The van der Waals surface area contributed by atoms with Crippen LogP contribution in [0.25, 0.3) is 0 Å². The number of hydrogen-bond acceptors (Lipinski definition) is 2. The zero-order valence-electron chi connectivity index (χ0n) is 10.4. The van der Waals surface area contributed by atoms with Crippen molar-refractivity contribution in [2.75, 3.05) is 13.1 Å². The van der Waals surface area contributed by atoms with Crippen LogP contribution in [0.2, 0.25) is 0 Å². The van der Waals surface area contributed by atoms with E-state index in [0.717, 1.165) is 18.5 Å². The summed E-state index contributed by atoms with van der Waals surface area (Å²) in [6.07, 6.45) is 1.34. The number of aryl methyl sites for hydroxylation is 2. The van der Waals surface area contributed by atoms with E-state index < -0.39 is 11.4 Å². The first-order chi connectivity index (χ1) is 8.03. The molecule has 1 atom stereocenters. The largest absolute Gasteiger partial charge is 0.481 e. The van der Waals surface area contributed by atoms with Gasteiger partial charge in [0.1, 0.15) is 0 Å². The summed E-state index contributed by atoms with van der Waals surface area (Å²) < 4.78 is 0. The first-order valence-corrected chi connectivity index (χ1v) is 6.04. The van der Waals surface area contributed by atoms with Gasteiger partial charge in [-0.3, -0.25) is 4.79 Å². The van der Waals surface area contributed by atoms with Gasteiger partial charge in [-0.25, -0.2) is 0 Å². The molecule has 2 rings (SSSR count). The van der Waals surface area contributed by atoms with Gasteiger partial charge in [-0.05, 0) is 44.4 Å². The molecule has 1 saturated heterocycles. The van der Waals surface area contributed by atoms with Crippen LogP contribution in [-0.4, -0.2) is 24.2 Å². The van der Waals surface area contributed by atoms with E-state index in [4.69, 9.17) is 0 Å². The topological polar surface area (TPSA) is 49.3 Å². The summed E-state index contributed by atoms with van der Waals surface area (Å²) >= 11 is 0. The smallest absolute Gasteiger partial charge is 0.311 e. The van der Waals surface area contributed by atoms with Gasteiger partial charge in [0.2, 0.25) is 0 Å².